The molecule has 0 saturated carbocycles. The normalized spacial score (nSPS) is 17.5. The first-order valence-corrected chi connectivity index (χ1v) is 7.71. The average molecular weight is 350 g/mol. The minimum atomic E-state index is -0.371. The van der Waals surface area contributed by atoms with Crippen LogP contribution >= 0.6 is 15.9 Å². The summed E-state index contributed by atoms with van der Waals surface area (Å²) < 4.78 is 2.62. The van der Waals surface area contributed by atoms with Crippen molar-refractivity contribution in [2.45, 2.75) is 31.8 Å². The van der Waals surface area contributed by atoms with Crippen molar-refractivity contribution >= 4 is 21.6 Å². The topological polar surface area (TPSA) is 74.1 Å². The standard InChI is InChI=1S/C15H16BrN3O2/c16-15-11(4-2-6-14(15)19(20)21)8-18-7-10-3-1-5-13(17)12(10)9-18/h2,4,6-7,9,13H,1,3,5,8,17H2. The minimum absolute atomic E-state index is 0.0983. The maximum absolute atomic E-state index is 11.0. The highest BCUT2D eigenvalue weighted by atomic mass is 79.9. The Bertz CT molecular complexity index is 696. The van der Waals surface area contributed by atoms with E-state index in [1.54, 1.807) is 6.07 Å². The van der Waals surface area contributed by atoms with E-state index in [9.17, 15) is 10.1 Å². The van der Waals surface area contributed by atoms with E-state index in [0.717, 1.165) is 24.8 Å². The second kappa shape index (κ2) is 5.61. The summed E-state index contributed by atoms with van der Waals surface area (Å²) in [6.45, 7) is 0.599. The van der Waals surface area contributed by atoms with E-state index >= 15 is 0 Å². The smallest absolute Gasteiger partial charge is 0.283 e. The first kappa shape index (κ1) is 14.3. The lowest BCUT2D eigenvalue weighted by Crippen LogP contribution is -2.15. The summed E-state index contributed by atoms with van der Waals surface area (Å²) >= 11 is 3.34. The van der Waals surface area contributed by atoms with Crippen molar-refractivity contribution in [3.05, 3.63) is 61.9 Å². The zero-order chi connectivity index (χ0) is 15.0. The SMILES string of the molecule is NC1CCCc2cn(Cc3cccc([N+](=O)[O-])c3Br)cc21. The highest BCUT2D eigenvalue weighted by molar-refractivity contribution is 9.10. The van der Waals surface area contributed by atoms with Gasteiger partial charge >= 0.3 is 0 Å². The van der Waals surface area contributed by atoms with Crippen LogP contribution in [0.15, 0.2) is 35.1 Å². The largest absolute Gasteiger partial charge is 0.349 e. The number of hydrogen-bond acceptors (Lipinski definition) is 3. The Balaban J connectivity index is 1.91. The van der Waals surface area contributed by atoms with E-state index in [1.807, 2.05) is 6.07 Å². The summed E-state index contributed by atoms with van der Waals surface area (Å²) in [6, 6.07) is 5.23. The van der Waals surface area contributed by atoms with Crippen LogP contribution < -0.4 is 5.73 Å². The van der Waals surface area contributed by atoms with Crippen LogP contribution in [0.25, 0.3) is 0 Å². The van der Waals surface area contributed by atoms with E-state index in [1.165, 1.54) is 17.2 Å². The number of nitro groups is 1. The Morgan fingerprint density at radius 2 is 2.24 bits per heavy atom. The molecule has 2 N–H and O–H groups in total. The molecular formula is C15H16BrN3O2. The predicted octanol–water partition coefficient (Wildman–Crippen LogP) is 3.54. The Kier molecular flexibility index (Phi) is 3.82. The number of aromatic nitrogens is 1. The van der Waals surface area contributed by atoms with Crippen molar-refractivity contribution in [2.75, 3.05) is 0 Å². The molecule has 0 fully saturated rings. The molecule has 0 radical (unpaired) electrons. The zero-order valence-electron chi connectivity index (χ0n) is 11.5. The number of benzene rings is 1. The maximum atomic E-state index is 11.0. The molecule has 1 heterocycles. The van der Waals surface area contributed by atoms with Crippen molar-refractivity contribution in [2.24, 2.45) is 5.73 Å². The third-order valence-electron chi connectivity index (χ3n) is 3.97. The molecule has 110 valence electrons. The number of fused-ring (bicyclic) bond motifs is 1. The molecule has 3 rings (SSSR count). The van der Waals surface area contributed by atoms with Gasteiger partial charge in [0.15, 0.2) is 0 Å². The number of nitrogens with two attached hydrogens (primary N) is 1. The highest BCUT2D eigenvalue weighted by Gasteiger charge is 2.20. The molecule has 21 heavy (non-hydrogen) atoms. The molecule has 1 atom stereocenters. The van der Waals surface area contributed by atoms with Gasteiger partial charge in [-0.3, -0.25) is 10.1 Å². The number of halogens is 1. The number of rotatable bonds is 3. The van der Waals surface area contributed by atoms with Crippen molar-refractivity contribution in [3.8, 4) is 0 Å². The fourth-order valence-electron chi connectivity index (χ4n) is 2.90. The van der Waals surface area contributed by atoms with Gasteiger partial charge in [-0.05, 0) is 51.9 Å². The molecule has 1 aliphatic rings. The highest BCUT2D eigenvalue weighted by Crippen LogP contribution is 2.31. The van der Waals surface area contributed by atoms with Crippen LogP contribution in [0.3, 0.4) is 0 Å². The Morgan fingerprint density at radius 1 is 1.43 bits per heavy atom. The fraction of sp³-hybridized carbons (Fsp3) is 0.333. The van der Waals surface area contributed by atoms with Crippen molar-refractivity contribution in [1.82, 2.24) is 4.57 Å². The van der Waals surface area contributed by atoms with Crippen LogP contribution in [0.5, 0.6) is 0 Å². The molecule has 1 aliphatic carbocycles. The van der Waals surface area contributed by atoms with Gasteiger partial charge in [0.25, 0.3) is 5.69 Å². The quantitative estimate of drug-likeness (QED) is 0.680. The lowest BCUT2D eigenvalue weighted by Gasteiger charge is -2.17. The van der Waals surface area contributed by atoms with E-state index in [0.29, 0.717) is 11.0 Å². The molecule has 2 aromatic rings. The van der Waals surface area contributed by atoms with Crippen LogP contribution in [-0.2, 0) is 13.0 Å². The second-order valence-electron chi connectivity index (χ2n) is 5.42. The molecule has 0 saturated heterocycles. The Labute approximate surface area is 131 Å². The van der Waals surface area contributed by atoms with Gasteiger partial charge in [-0.25, -0.2) is 0 Å². The van der Waals surface area contributed by atoms with Crippen LogP contribution in [0, 0.1) is 10.1 Å². The first-order valence-electron chi connectivity index (χ1n) is 6.92. The molecule has 1 unspecified atom stereocenters. The average Bonchev–Trinajstić information content (AvgIpc) is 2.85. The molecule has 0 amide bonds. The van der Waals surface area contributed by atoms with Gasteiger partial charge in [-0.1, -0.05) is 12.1 Å². The number of nitrogens with zero attached hydrogens (tertiary/aromatic N) is 2. The fourth-order valence-corrected chi connectivity index (χ4v) is 3.44. The molecule has 1 aromatic carbocycles. The first-order chi connectivity index (χ1) is 10.1. The van der Waals surface area contributed by atoms with Gasteiger partial charge in [-0.2, -0.15) is 0 Å². The molecule has 6 heteroatoms. The van der Waals surface area contributed by atoms with Crippen molar-refractivity contribution in [1.29, 1.82) is 0 Å². The molecule has 5 nitrogen and oxygen atoms in total. The van der Waals surface area contributed by atoms with Gasteiger partial charge < -0.3 is 10.3 Å². The summed E-state index contributed by atoms with van der Waals surface area (Å²) in [5.74, 6) is 0. The van der Waals surface area contributed by atoms with Crippen molar-refractivity contribution < 1.29 is 4.92 Å². The van der Waals surface area contributed by atoms with E-state index in [2.05, 4.69) is 32.9 Å². The summed E-state index contributed by atoms with van der Waals surface area (Å²) in [7, 11) is 0. The minimum Gasteiger partial charge on any atom is -0.349 e. The monoisotopic (exact) mass is 349 g/mol. The van der Waals surface area contributed by atoms with Gasteiger partial charge in [0.05, 0.1) is 4.92 Å². The molecule has 0 aliphatic heterocycles. The van der Waals surface area contributed by atoms with E-state index < -0.39 is 0 Å². The zero-order valence-corrected chi connectivity index (χ0v) is 13.0. The van der Waals surface area contributed by atoms with Gasteiger partial charge in [0, 0.05) is 31.0 Å². The van der Waals surface area contributed by atoms with Crippen LogP contribution in [0.1, 0.15) is 35.6 Å². The summed E-state index contributed by atoms with van der Waals surface area (Å²) in [6.07, 6.45) is 7.40. The van der Waals surface area contributed by atoms with E-state index in [-0.39, 0.29) is 16.7 Å². The van der Waals surface area contributed by atoms with Gasteiger partial charge in [-0.15, -0.1) is 0 Å². The molecule has 0 bridgehead atoms. The third-order valence-corrected chi connectivity index (χ3v) is 4.88. The summed E-state index contributed by atoms with van der Waals surface area (Å²) in [5, 5.41) is 11.0. The van der Waals surface area contributed by atoms with Gasteiger partial charge in [0.1, 0.15) is 4.47 Å². The number of hydrogen-bond donors (Lipinski definition) is 1. The summed E-state index contributed by atoms with van der Waals surface area (Å²) in [5.41, 5.74) is 9.64. The second-order valence-corrected chi connectivity index (χ2v) is 6.21. The summed E-state index contributed by atoms with van der Waals surface area (Å²) in [4.78, 5) is 10.6. The lowest BCUT2D eigenvalue weighted by atomic mass is 9.92. The molecular weight excluding hydrogens is 334 g/mol. The Hall–Kier alpha value is -1.66. The third kappa shape index (κ3) is 2.73. The van der Waals surface area contributed by atoms with E-state index in [4.69, 9.17) is 5.73 Å². The molecule has 1 aromatic heterocycles. The van der Waals surface area contributed by atoms with Crippen LogP contribution in [0.2, 0.25) is 0 Å². The van der Waals surface area contributed by atoms with Crippen molar-refractivity contribution in [3.63, 3.8) is 0 Å². The van der Waals surface area contributed by atoms with Crippen LogP contribution in [-0.4, -0.2) is 9.49 Å². The Morgan fingerprint density at radius 3 is 2.95 bits per heavy atom. The van der Waals surface area contributed by atoms with Gasteiger partial charge in [0.2, 0.25) is 0 Å². The predicted molar refractivity (Wildman–Crippen MR) is 84.2 cm³/mol. The van der Waals surface area contributed by atoms with Crippen LogP contribution in [0.4, 0.5) is 5.69 Å². The molecule has 0 spiro atoms. The lowest BCUT2D eigenvalue weighted by molar-refractivity contribution is -0.385. The number of aryl methyl sites for hydroxylation is 1. The number of nitro benzene ring substituents is 1. The maximum Gasteiger partial charge on any atom is 0.283 e.